The number of fused-ring (bicyclic) bond motifs is 1. The quantitative estimate of drug-likeness (QED) is 0.863. The zero-order valence-corrected chi connectivity index (χ0v) is 15.1. The number of hydrogen-bond donors (Lipinski definition) is 1. The Morgan fingerprint density at radius 3 is 2.65 bits per heavy atom. The molecule has 2 aliphatic rings. The third kappa shape index (κ3) is 3.66. The molecule has 1 N–H and O–H groups in total. The molecule has 23 heavy (non-hydrogen) atoms. The number of likely N-dealkylation sites (N-methyl/N-ethyl adjacent to an activating group) is 1. The fourth-order valence-electron chi connectivity index (χ4n) is 3.79. The molecule has 0 bridgehead atoms. The molecule has 0 aliphatic carbocycles. The van der Waals surface area contributed by atoms with Gasteiger partial charge in [-0.1, -0.05) is 12.1 Å². The van der Waals surface area contributed by atoms with Crippen LogP contribution in [0.3, 0.4) is 0 Å². The van der Waals surface area contributed by atoms with E-state index in [1.807, 2.05) is 0 Å². The van der Waals surface area contributed by atoms with Crippen LogP contribution in [0.25, 0.3) is 0 Å². The third-order valence-corrected chi connectivity index (χ3v) is 6.03. The van der Waals surface area contributed by atoms with E-state index >= 15 is 0 Å². The highest BCUT2D eigenvalue weighted by atomic mass is 32.2. The first-order valence-electron chi connectivity index (χ1n) is 8.48. The lowest BCUT2D eigenvalue weighted by atomic mass is 9.92. The standard InChI is InChI=1S/C18H27N3OS/c1-13(14-4-6-16(23-3)7-5-14)19-18(22)21-11-9-15-8-10-20(2)12-17(15)21/h4-7,13,15,17H,8-12H2,1-3H3,(H,19,22)/t13-,15+,17-/m1/s1. The first-order chi connectivity index (χ1) is 11.1. The van der Waals surface area contributed by atoms with Gasteiger partial charge in [0.2, 0.25) is 0 Å². The van der Waals surface area contributed by atoms with Crippen molar-refractivity contribution < 1.29 is 4.79 Å². The summed E-state index contributed by atoms with van der Waals surface area (Å²) in [5.41, 5.74) is 1.16. The Kier molecular flexibility index (Phi) is 5.17. The second-order valence-corrected chi connectivity index (χ2v) is 7.68. The minimum atomic E-state index is 0.0405. The Morgan fingerprint density at radius 2 is 1.96 bits per heavy atom. The van der Waals surface area contributed by atoms with Gasteiger partial charge in [-0.3, -0.25) is 0 Å². The lowest BCUT2D eigenvalue weighted by molar-refractivity contribution is 0.129. The topological polar surface area (TPSA) is 35.6 Å². The van der Waals surface area contributed by atoms with Crippen LogP contribution in [-0.2, 0) is 0 Å². The van der Waals surface area contributed by atoms with Gasteiger partial charge in [0.05, 0.1) is 6.04 Å². The number of carbonyl (C=O) groups is 1. The number of urea groups is 1. The summed E-state index contributed by atoms with van der Waals surface area (Å²) < 4.78 is 0. The van der Waals surface area contributed by atoms with Gasteiger partial charge in [-0.15, -0.1) is 11.8 Å². The Morgan fingerprint density at radius 1 is 1.26 bits per heavy atom. The summed E-state index contributed by atoms with van der Waals surface area (Å²) >= 11 is 1.74. The van der Waals surface area contributed by atoms with E-state index in [1.54, 1.807) is 11.8 Å². The van der Waals surface area contributed by atoms with Gasteiger partial charge in [-0.05, 0) is 63.2 Å². The van der Waals surface area contributed by atoms with E-state index in [0.29, 0.717) is 12.0 Å². The smallest absolute Gasteiger partial charge is 0.318 e. The maximum atomic E-state index is 12.7. The van der Waals surface area contributed by atoms with Gasteiger partial charge in [0.25, 0.3) is 0 Å². The molecular formula is C18H27N3OS. The average Bonchev–Trinajstić information content (AvgIpc) is 2.98. The maximum absolute atomic E-state index is 12.7. The normalized spacial score (nSPS) is 26.0. The molecule has 2 amide bonds. The predicted octanol–water partition coefficient (Wildman–Crippen LogP) is 3.21. The number of benzene rings is 1. The molecule has 1 aromatic carbocycles. The Labute approximate surface area is 143 Å². The van der Waals surface area contributed by atoms with Crippen LogP contribution in [0.5, 0.6) is 0 Å². The van der Waals surface area contributed by atoms with Crippen molar-refractivity contribution in [1.29, 1.82) is 0 Å². The van der Waals surface area contributed by atoms with Crippen LogP contribution in [0, 0.1) is 5.92 Å². The van der Waals surface area contributed by atoms with Gasteiger partial charge in [0.1, 0.15) is 0 Å². The van der Waals surface area contributed by atoms with E-state index in [9.17, 15) is 4.79 Å². The molecule has 0 aromatic heterocycles. The third-order valence-electron chi connectivity index (χ3n) is 5.28. The van der Waals surface area contributed by atoms with Crippen molar-refractivity contribution in [2.24, 2.45) is 5.92 Å². The van der Waals surface area contributed by atoms with Gasteiger partial charge < -0.3 is 15.1 Å². The number of hydrogen-bond acceptors (Lipinski definition) is 3. The van der Waals surface area contributed by atoms with E-state index in [0.717, 1.165) is 31.6 Å². The molecule has 0 spiro atoms. The highest BCUT2D eigenvalue weighted by molar-refractivity contribution is 7.98. The molecule has 1 aromatic rings. The number of nitrogens with zero attached hydrogens (tertiary/aromatic N) is 2. The summed E-state index contributed by atoms with van der Waals surface area (Å²) in [5.74, 6) is 0.688. The summed E-state index contributed by atoms with van der Waals surface area (Å²) in [6, 6.07) is 8.97. The first-order valence-corrected chi connectivity index (χ1v) is 9.70. The van der Waals surface area contributed by atoms with Gasteiger partial charge in [-0.2, -0.15) is 0 Å². The Hall–Kier alpha value is -1.20. The first kappa shape index (κ1) is 16.7. The van der Waals surface area contributed by atoms with Crippen LogP contribution in [0.2, 0.25) is 0 Å². The van der Waals surface area contributed by atoms with Crippen molar-refractivity contribution >= 4 is 17.8 Å². The fraction of sp³-hybridized carbons (Fsp3) is 0.611. The zero-order chi connectivity index (χ0) is 16.4. The van der Waals surface area contributed by atoms with Crippen molar-refractivity contribution in [2.45, 2.75) is 36.7 Å². The van der Waals surface area contributed by atoms with Crippen molar-refractivity contribution in [3.63, 3.8) is 0 Å². The number of thioether (sulfide) groups is 1. The lowest BCUT2D eigenvalue weighted by Gasteiger charge is -2.37. The molecule has 0 saturated carbocycles. The molecular weight excluding hydrogens is 306 g/mol. The minimum Gasteiger partial charge on any atom is -0.331 e. The SMILES string of the molecule is CSc1ccc([C@@H](C)NC(=O)N2CC[C@@H]3CCN(C)C[C@H]32)cc1. The van der Waals surface area contributed by atoms with Crippen LogP contribution in [0.1, 0.15) is 31.4 Å². The maximum Gasteiger partial charge on any atom is 0.318 e. The van der Waals surface area contributed by atoms with Crippen molar-refractivity contribution in [3.05, 3.63) is 29.8 Å². The number of nitrogens with one attached hydrogen (secondary N) is 1. The summed E-state index contributed by atoms with van der Waals surface area (Å²) in [7, 11) is 2.15. The van der Waals surface area contributed by atoms with E-state index < -0.39 is 0 Å². The monoisotopic (exact) mass is 333 g/mol. The average molecular weight is 334 g/mol. The molecule has 4 nitrogen and oxygen atoms in total. The Balaban J connectivity index is 1.61. The molecule has 0 radical (unpaired) electrons. The van der Waals surface area contributed by atoms with Crippen LogP contribution < -0.4 is 5.32 Å². The van der Waals surface area contributed by atoms with Crippen LogP contribution in [-0.4, -0.2) is 54.8 Å². The second kappa shape index (κ2) is 7.14. The number of rotatable bonds is 3. The van der Waals surface area contributed by atoms with Gasteiger partial charge in [-0.25, -0.2) is 4.79 Å². The highest BCUT2D eigenvalue weighted by Gasteiger charge is 2.39. The van der Waals surface area contributed by atoms with E-state index in [1.165, 1.54) is 11.3 Å². The minimum absolute atomic E-state index is 0.0405. The molecule has 0 unspecified atom stereocenters. The molecule has 3 rings (SSSR count). The number of amides is 2. The van der Waals surface area contributed by atoms with Gasteiger partial charge in [0.15, 0.2) is 0 Å². The lowest BCUT2D eigenvalue weighted by Crippen LogP contribution is -2.51. The van der Waals surface area contributed by atoms with Gasteiger partial charge in [0, 0.05) is 24.0 Å². The van der Waals surface area contributed by atoms with Crippen LogP contribution >= 0.6 is 11.8 Å². The highest BCUT2D eigenvalue weighted by Crippen LogP contribution is 2.31. The van der Waals surface area contributed by atoms with Crippen molar-refractivity contribution in [2.75, 3.05) is 32.9 Å². The predicted molar refractivity (Wildman–Crippen MR) is 95.9 cm³/mol. The molecule has 2 aliphatic heterocycles. The van der Waals surface area contributed by atoms with Crippen LogP contribution in [0.4, 0.5) is 4.79 Å². The number of carbonyl (C=O) groups excluding carboxylic acids is 1. The molecule has 5 heteroatoms. The molecule has 126 valence electrons. The Bertz CT molecular complexity index is 548. The van der Waals surface area contributed by atoms with E-state index in [2.05, 4.69) is 59.6 Å². The fourth-order valence-corrected chi connectivity index (χ4v) is 4.20. The summed E-state index contributed by atoms with van der Waals surface area (Å²) in [6.45, 7) is 5.13. The van der Waals surface area contributed by atoms with E-state index in [4.69, 9.17) is 0 Å². The number of piperidine rings is 1. The molecule has 2 saturated heterocycles. The zero-order valence-electron chi connectivity index (χ0n) is 14.3. The van der Waals surface area contributed by atoms with E-state index in [-0.39, 0.29) is 12.1 Å². The second-order valence-electron chi connectivity index (χ2n) is 6.80. The molecule has 2 fully saturated rings. The molecule has 2 heterocycles. The summed E-state index contributed by atoms with van der Waals surface area (Å²) in [5, 5.41) is 3.19. The molecule has 3 atom stereocenters. The van der Waals surface area contributed by atoms with Crippen molar-refractivity contribution in [3.8, 4) is 0 Å². The van der Waals surface area contributed by atoms with Crippen LogP contribution in [0.15, 0.2) is 29.2 Å². The number of likely N-dealkylation sites (tertiary alicyclic amines) is 2. The summed E-state index contributed by atoms with van der Waals surface area (Å²) in [6.07, 6.45) is 4.45. The summed E-state index contributed by atoms with van der Waals surface area (Å²) in [4.78, 5) is 18.4. The van der Waals surface area contributed by atoms with Gasteiger partial charge >= 0.3 is 6.03 Å². The van der Waals surface area contributed by atoms with Crippen molar-refractivity contribution in [1.82, 2.24) is 15.1 Å². The largest absolute Gasteiger partial charge is 0.331 e.